The highest BCUT2D eigenvalue weighted by Gasteiger charge is 2.56. The highest BCUT2D eigenvalue weighted by atomic mass is 16.2. The highest BCUT2D eigenvalue weighted by Crippen LogP contribution is 2.48. The number of fused-ring (bicyclic) bond motifs is 2. The van der Waals surface area contributed by atoms with Crippen molar-refractivity contribution in [3.63, 3.8) is 0 Å². The number of carbonyl (C=O) groups is 3. The predicted molar refractivity (Wildman–Crippen MR) is 120 cm³/mol. The summed E-state index contributed by atoms with van der Waals surface area (Å²) in [5.74, 6) is 0.575. The third-order valence-electron chi connectivity index (χ3n) is 6.25. The molecule has 4 N–H and O–H groups in total. The zero-order valence-electron chi connectivity index (χ0n) is 17.6. The Morgan fingerprint density at radius 2 is 1.91 bits per heavy atom. The molecule has 2 aromatic heterocycles. The van der Waals surface area contributed by atoms with Crippen LogP contribution in [0.1, 0.15) is 25.5 Å². The first-order valence-corrected chi connectivity index (χ1v) is 10.7. The molecular weight excluding hydrogens is 408 g/mol. The molecule has 1 aliphatic carbocycles. The Labute approximate surface area is 184 Å². The molecule has 3 heterocycles. The number of urea groups is 1. The zero-order valence-corrected chi connectivity index (χ0v) is 17.6. The van der Waals surface area contributed by atoms with Crippen molar-refractivity contribution in [2.24, 2.45) is 11.7 Å². The standard InChI is InChI=1S/C23H24N6O3/c1-2-14-6-5-9-20(25-14)27-21(30)19-11-13-10-18(13)29(19)23(32)26-16-12-28(22(24)31)17-8-4-3-7-15(16)17/h3-9,12-13,18-19H,2,10-11H2,1H3,(H2,24,31)(H,26,32)(H,25,27,30)/t13?,18-,19+/m1/s1. The summed E-state index contributed by atoms with van der Waals surface area (Å²) >= 11 is 0. The van der Waals surface area contributed by atoms with E-state index in [4.69, 9.17) is 5.73 Å². The molecule has 1 unspecified atom stereocenters. The van der Waals surface area contributed by atoms with E-state index in [1.165, 1.54) is 10.8 Å². The number of hydrogen-bond donors (Lipinski definition) is 3. The van der Waals surface area contributed by atoms with Gasteiger partial charge in [0.2, 0.25) is 5.91 Å². The predicted octanol–water partition coefficient (Wildman–Crippen LogP) is 3.16. The first-order chi connectivity index (χ1) is 15.5. The number of primary amides is 1. The fourth-order valence-electron chi connectivity index (χ4n) is 4.58. The van der Waals surface area contributed by atoms with Crippen LogP contribution in [0.25, 0.3) is 10.9 Å². The fourth-order valence-corrected chi connectivity index (χ4v) is 4.58. The molecule has 2 fully saturated rings. The molecule has 9 nitrogen and oxygen atoms in total. The van der Waals surface area contributed by atoms with E-state index in [1.54, 1.807) is 23.1 Å². The minimum atomic E-state index is -0.635. The van der Waals surface area contributed by atoms with E-state index in [-0.39, 0.29) is 18.0 Å². The van der Waals surface area contributed by atoms with Gasteiger partial charge in [0.15, 0.2) is 0 Å². The summed E-state index contributed by atoms with van der Waals surface area (Å²) in [6.45, 7) is 2.00. The van der Waals surface area contributed by atoms with Crippen molar-refractivity contribution in [3.05, 3.63) is 54.4 Å². The van der Waals surface area contributed by atoms with Crippen LogP contribution in [0.2, 0.25) is 0 Å². The molecule has 1 aliphatic heterocycles. The minimum Gasteiger partial charge on any atom is -0.351 e. The quantitative estimate of drug-likeness (QED) is 0.586. The smallest absolute Gasteiger partial charge is 0.323 e. The lowest BCUT2D eigenvalue weighted by Gasteiger charge is -2.26. The Balaban J connectivity index is 1.37. The number of amides is 4. The minimum absolute atomic E-state index is 0.0465. The molecule has 1 aromatic carbocycles. The number of piperidine rings is 1. The summed E-state index contributed by atoms with van der Waals surface area (Å²) < 4.78 is 1.30. The van der Waals surface area contributed by atoms with Crippen LogP contribution < -0.4 is 16.4 Å². The number of hydrogen-bond acceptors (Lipinski definition) is 4. The van der Waals surface area contributed by atoms with E-state index in [9.17, 15) is 14.4 Å². The van der Waals surface area contributed by atoms with Crippen LogP contribution in [0.5, 0.6) is 0 Å². The number of benzene rings is 1. The number of rotatable bonds is 4. The third kappa shape index (κ3) is 3.45. The number of nitrogens with zero attached hydrogens (tertiary/aromatic N) is 3. The second kappa shape index (κ2) is 7.67. The third-order valence-corrected chi connectivity index (χ3v) is 6.25. The van der Waals surface area contributed by atoms with Crippen LogP contribution in [0.3, 0.4) is 0 Å². The number of aromatic nitrogens is 2. The van der Waals surface area contributed by atoms with Gasteiger partial charge in [0.25, 0.3) is 0 Å². The molecule has 0 radical (unpaired) electrons. The molecular formula is C23H24N6O3. The van der Waals surface area contributed by atoms with Gasteiger partial charge in [-0.25, -0.2) is 14.6 Å². The number of nitrogens with two attached hydrogens (primary N) is 1. The normalized spacial score (nSPS) is 21.3. The van der Waals surface area contributed by atoms with E-state index >= 15 is 0 Å². The van der Waals surface area contributed by atoms with Crippen LogP contribution >= 0.6 is 0 Å². The van der Waals surface area contributed by atoms with Gasteiger partial charge < -0.3 is 21.3 Å². The van der Waals surface area contributed by atoms with Crippen molar-refractivity contribution in [2.75, 3.05) is 10.6 Å². The molecule has 1 saturated carbocycles. The van der Waals surface area contributed by atoms with Crippen LogP contribution in [0.15, 0.2) is 48.7 Å². The molecule has 164 valence electrons. The maximum Gasteiger partial charge on any atom is 0.323 e. The number of likely N-dealkylation sites (tertiary alicyclic amines) is 1. The monoisotopic (exact) mass is 432 g/mol. The average molecular weight is 432 g/mol. The molecule has 0 spiro atoms. The Hall–Kier alpha value is -3.88. The summed E-state index contributed by atoms with van der Waals surface area (Å²) in [5.41, 5.74) is 7.44. The van der Waals surface area contributed by atoms with Gasteiger partial charge in [-0.2, -0.15) is 0 Å². The summed E-state index contributed by atoms with van der Waals surface area (Å²) in [7, 11) is 0. The first-order valence-electron chi connectivity index (χ1n) is 10.7. The lowest BCUT2D eigenvalue weighted by atomic mass is 10.1. The van der Waals surface area contributed by atoms with Gasteiger partial charge in [-0.3, -0.25) is 9.36 Å². The number of anilines is 2. The van der Waals surface area contributed by atoms with E-state index in [0.717, 1.165) is 18.5 Å². The number of para-hydroxylation sites is 1. The van der Waals surface area contributed by atoms with Gasteiger partial charge >= 0.3 is 12.1 Å². The van der Waals surface area contributed by atoms with E-state index in [1.807, 2.05) is 31.2 Å². The number of pyridine rings is 1. The second-order valence-electron chi connectivity index (χ2n) is 8.28. The average Bonchev–Trinajstić information content (AvgIpc) is 3.29. The Bertz CT molecular complexity index is 1240. The molecule has 0 bridgehead atoms. The van der Waals surface area contributed by atoms with E-state index in [2.05, 4.69) is 15.6 Å². The Kier molecular flexibility index (Phi) is 4.80. The summed E-state index contributed by atoms with van der Waals surface area (Å²) in [6, 6.07) is 11.2. The Morgan fingerprint density at radius 1 is 1.09 bits per heavy atom. The van der Waals surface area contributed by atoms with Crippen molar-refractivity contribution in [3.8, 4) is 0 Å². The largest absolute Gasteiger partial charge is 0.351 e. The lowest BCUT2D eigenvalue weighted by Crippen LogP contribution is -2.47. The van der Waals surface area contributed by atoms with Crippen LogP contribution in [-0.2, 0) is 11.2 Å². The molecule has 4 amide bonds. The Morgan fingerprint density at radius 3 is 2.69 bits per heavy atom. The van der Waals surface area contributed by atoms with Crippen molar-refractivity contribution in [1.82, 2.24) is 14.5 Å². The SMILES string of the molecule is CCc1cccc(NC(=O)[C@@H]2CC3C[C@H]3N2C(=O)Nc2cn(C(N)=O)c3ccccc23)n1. The van der Waals surface area contributed by atoms with Crippen molar-refractivity contribution >= 4 is 40.4 Å². The van der Waals surface area contributed by atoms with Crippen LogP contribution in [0, 0.1) is 5.92 Å². The van der Waals surface area contributed by atoms with Gasteiger partial charge in [-0.15, -0.1) is 0 Å². The molecule has 2 aliphatic rings. The number of nitrogens with one attached hydrogen (secondary N) is 2. The first kappa shape index (κ1) is 20.0. The fraction of sp³-hybridized carbons (Fsp3) is 0.304. The van der Waals surface area contributed by atoms with Gasteiger partial charge in [0.1, 0.15) is 11.9 Å². The topological polar surface area (TPSA) is 122 Å². The molecule has 5 rings (SSSR count). The maximum absolute atomic E-state index is 13.2. The summed E-state index contributed by atoms with van der Waals surface area (Å²) in [4.78, 5) is 44.1. The van der Waals surface area contributed by atoms with Gasteiger partial charge in [0.05, 0.1) is 11.2 Å². The van der Waals surface area contributed by atoms with E-state index in [0.29, 0.717) is 34.7 Å². The van der Waals surface area contributed by atoms with Crippen molar-refractivity contribution in [2.45, 2.75) is 38.3 Å². The van der Waals surface area contributed by atoms with Crippen molar-refractivity contribution < 1.29 is 14.4 Å². The maximum atomic E-state index is 13.2. The number of carbonyl (C=O) groups excluding carboxylic acids is 3. The van der Waals surface area contributed by atoms with E-state index < -0.39 is 12.1 Å². The van der Waals surface area contributed by atoms with Gasteiger partial charge in [0, 0.05) is 23.3 Å². The number of aryl methyl sites for hydroxylation is 1. The van der Waals surface area contributed by atoms with Gasteiger partial charge in [-0.1, -0.05) is 31.2 Å². The highest BCUT2D eigenvalue weighted by molar-refractivity contribution is 6.06. The molecule has 9 heteroatoms. The molecule has 32 heavy (non-hydrogen) atoms. The molecule has 1 saturated heterocycles. The molecule has 3 aromatic rings. The van der Waals surface area contributed by atoms with Crippen molar-refractivity contribution in [1.29, 1.82) is 0 Å². The molecule has 3 atom stereocenters. The van der Waals surface area contributed by atoms with Gasteiger partial charge in [-0.05, 0) is 43.4 Å². The summed E-state index contributed by atoms with van der Waals surface area (Å²) in [6.07, 6.45) is 3.80. The lowest BCUT2D eigenvalue weighted by molar-refractivity contribution is -0.120. The van der Waals surface area contributed by atoms with Crippen LogP contribution in [-0.4, -0.2) is 44.5 Å². The zero-order chi connectivity index (χ0) is 22.4. The second-order valence-corrected chi connectivity index (χ2v) is 8.28. The van der Waals surface area contributed by atoms with Crippen LogP contribution in [0.4, 0.5) is 21.1 Å². The summed E-state index contributed by atoms with van der Waals surface area (Å²) in [5, 5.41) is 6.45.